The molecule has 6 heavy (non-hydrogen) atoms. The van der Waals surface area contributed by atoms with Gasteiger partial charge < -0.3 is 0 Å². The van der Waals surface area contributed by atoms with Crippen LogP contribution in [0, 0.1) is 0 Å². The van der Waals surface area contributed by atoms with Crippen LogP contribution in [-0.2, 0) is 0 Å². The molecular formula is C5H9I. The van der Waals surface area contributed by atoms with Gasteiger partial charge in [-0.25, -0.2) is 0 Å². The van der Waals surface area contributed by atoms with Gasteiger partial charge in [-0.05, 0) is 0 Å². The van der Waals surface area contributed by atoms with Gasteiger partial charge in [0.1, 0.15) is 0 Å². The average molecular weight is 196 g/mol. The molecule has 1 heteroatoms. The first-order valence-electron chi connectivity index (χ1n) is 2.20. The summed E-state index contributed by atoms with van der Waals surface area (Å²) in [5.41, 5.74) is 0. The predicted molar refractivity (Wildman–Crippen MR) is 38.6 cm³/mol. The summed E-state index contributed by atoms with van der Waals surface area (Å²) in [5, 5.41) is 0. The molecule has 0 fully saturated rings. The maximum atomic E-state index is 2.38. The van der Waals surface area contributed by atoms with Crippen molar-refractivity contribution in [1.82, 2.24) is 0 Å². The molecule has 0 radical (unpaired) electrons. The van der Waals surface area contributed by atoms with Crippen molar-refractivity contribution in [2.75, 3.05) is 0 Å². The summed E-state index contributed by atoms with van der Waals surface area (Å²) in [4.78, 5) is 0. The molecule has 0 spiro atoms. The van der Waals surface area contributed by atoms with Gasteiger partial charge in [-0.15, -0.1) is 0 Å². The van der Waals surface area contributed by atoms with Crippen molar-refractivity contribution < 1.29 is 0 Å². The molecule has 0 nitrogen and oxygen atoms in total. The molecule has 0 amide bonds. The van der Waals surface area contributed by atoms with Gasteiger partial charge in [0.2, 0.25) is 0 Å². The monoisotopic (exact) mass is 196 g/mol. The zero-order chi connectivity index (χ0) is 4.41. The van der Waals surface area contributed by atoms with Crippen LogP contribution in [-0.4, -0.2) is 3.92 Å². The first kappa shape index (κ1) is 4.62. The Balaban J connectivity index is 2.32. The zero-order valence-corrected chi connectivity index (χ0v) is 6.18. The van der Waals surface area contributed by atoms with Crippen LogP contribution in [0.5, 0.6) is 0 Å². The van der Waals surface area contributed by atoms with Gasteiger partial charge in [-0.2, -0.15) is 0 Å². The summed E-state index contributed by atoms with van der Waals surface area (Å²) in [6.45, 7) is 2.34. The van der Waals surface area contributed by atoms with Gasteiger partial charge in [-0.1, -0.05) is 0 Å². The Kier molecular flexibility index (Phi) is 1.51. The number of hydrogen-bond acceptors (Lipinski definition) is 0. The van der Waals surface area contributed by atoms with E-state index in [0.717, 1.165) is 3.92 Å². The molecule has 1 heterocycles. The fraction of sp³-hybridized carbons (Fsp3) is 0.600. The number of rotatable bonds is 0. The predicted octanol–water partition coefficient (Wildman–Crippen LogP) is 2.00. The summed E-state index contributed by atoms with van der Waals surface area (Å²) >= 11 is 0.352. The van der Waals surface area contributed by atoms with Crippen molar-refractivity contribution in [3.8, 4) is 0 Å². The van der Waals surface area contributed by atoms with E-state index >= 15 is 0 Å². The summed E-state index contributed by atoms with van der Waals surface area (Å²) in [6, 6.07) is 0. The average Bonchev–Trinajstić information content (AvgIpc) is 1.86. The SMILES string of the molecule is CC1CC=C[IH]1. The van der Waals surface area contributed by atoms with Crippen molar-refractivity contribution >= 4 is 21.2 Å². The summed E-state index contributed by atoms with van der Waals surface area (Å²) in [6.07, 6.45) is 3.68. The van der Waals surface area contributed by atoms with Gasteiger partial charge in [0.05, 0.1) is 0 Å². The fourth-order valence-electron chi connectivity index (χ4n) is 0.492. The van der Waals surface area contributed by atoms with E-state index in [4.69, 9.17) is 0 Å². The topological polar surface area (TPSA) is 0 Å². The van der Waals surface area contributed by atoms with E-state index in [0.29, 0.717) is 21.2 Å². The zero-order valence-electron chi connectivity index (χ0n) is 3.85. The molecule has 1 aliphatic heterocycles. The van der Waals surface area contributed by atoms with Crippen molar-refractivity contribution in [3.63, 3.8) is 0 Å². The van der Waals surface area contributed by atoms with E-state index in [1.807, 2.05) is 0 Å². The first-order chi connectivity index (χ1) is 2.89. The summed E-state index contributed by atoms with van der Waals surface area (Å²) < 4.78 is 3.45. The van der Waals surface area contributed by atoms with E-state index in [-0.39, 0.29) is 0 Å². The Morgan fingerprint density at radius 2 is 2.67 bits per heavy atom. The van der Waals surface area contributed by atoms with Crippen LogP contribution in [0.25, 0.3) is 0 Å². The van der Waals surface area contributed by atoms with E-state index in [1.54, 1.807) is 0 Å². The van der Waals surface area contributed by atoms with Crippen LogP contribution in [0.1, 0.15) is 13.3 Å². The van der Waals surface area contributed by atoms with Crippen LogP contribution in [0.15, 0.2) is 10.2 Å². The Hall–Kier alpha value is 0.470. The van der Waals surface area contributed by atoms with E-state index < -0.39 is 0 Å². The number of halogens is 1. The molecule has 0 aromatic carbocycles. The van der Waals surface area contributed by atoms with Crippen molar-refractivity contribution in [3.05, 3.63) is 10.2 Å². The Labute approximate surface area is 48.9 Å². The third-order valence-electron chi connectivity index (χ3n) is 0.875. The van der Waals surface area contributed by atoms with Crippen LogP contribution < -0.4 is 0 Å². The quantitative estimate of drug-likeness (QED) is 0.410. The van der Waals surface area contributed by atoms with Crippen LogP contribution >= 0.6 is 21.2 Å². The molecule has 0 saturated carbocycles. The van der Waals surface area contributed by atoms with E-state index in [2.05, 4.69) is 17.1 Å². The van der Waals surface area contributed by atoms with Crippen LogP contribution in [0.3, 0.4) is 0 Å². The molecule has 36 valence electrons. The van der Waals surface area contributed by atoms with Gasteiger partial charge in [-0.3, -0.25) is 0 Å². The Bertz CT molecular complexity index is 58.3. The number of allylic oxidation sites excluding steroid dienone is 1. The van der Waals surface area contributed by atoms with Gasteiger partial charge in [0, 0.05) is 0 Å². The molecule has 0 aromatic heterocycles. The molecule has 1 atom stereocenters. The minimum atomic E-state index is 0.352. The van der Waals surface area contributed by atoms with E-state index in [1.165, 1.54) is 6.42 Å². The van der Waals surface area contributed by atoms with Gasteiger partial charge in [0.15, 0.2) is 0 Å². The molecule has 0 aliphatic carbocycles. The second-order valence-electron chi connectivity index (χ2n) is 1.55. The molecule has 0 bridgehead atoms. The summed E-state index contributed by atoms with van der Waals surface area (Å²) in [7, 11) is 0. The Morgan fingerprint density at radius 3 is 2.83 bits per heavy atom. The molecule has 0 N–H and O–H groups in total. The maximum absolute atomic E-state index is 2.38. The molecule has 1 aliphatic rings. The minimum absolute atomic E-state index is 0.352. The molecule has 1 unspecified atom stereocenters. The summed E-state index contributed by atoms with van der Waals surface area (Å²) in [5.74, 6) is 0. The van der Waals surface area contributed by atoms with Crippen molar-refractivity contribution in [2.45, 2.75) is 17.3 Å². The van der Waals surface area contributed by atoms with Crippen molar-refractivity contribution in [1.29, 1.82) is 0 Å². The molecule has 1 rings (SSSR count). The van der Waals surface area contributed by atoms with Crippen molar-refractivity contribution in [2.24, 2.45) is 0 Å². The van der Waals surface area contributed by atoms with Gasteiger partial charge >= 0.3 is 48.6 Å². The Morgan fingerprint density at radius 1 is 1.83 bits per heavy atom. The van der Waals surface area contributed by atoms with E-state index in [9.17, 15) is 0 Å². The second kappa shape index (κ2) is 1.96. The fourth-order valence-corrected chi connectivity index (χ4v) is 2.53. The number of alkyl halides is 1. The third-order valence-corrected chi connectivity index (χ3v) is 3.75. The molecule has 0 saturated heterocycles. The third kappa shape index (κ3) is 0.965. The second-order valence-corrected chi connectivity index (χ2v) is 5.40. The molecule has 0 aromatic rings. The standard InChI is InChI=1S/C5H9I/c1-5-3-2-4-6-5/h2,4-6H,3H2,1H3. The van der Waals surface area contributed by atoms with Gasteiger partial charge in [0.25, 0.3) is 0 Å². The van der Waals surface area contributed by atoms with Crippen LogP contribution in [0.4, 0.5) is 0 Å². The normalized spacial score (nSPS) is 33.2. The first-order valence-corrected chi connectivity index (χ1v) is 4.89. The van der Waals surface area contributed by atoms with Crippen LogP contribution in [0.2, 0.25) is 0 Å². The molecular weight excluding hydrogens is 187 g/mol. The number of hydrogen-bond donors (Lipinski definition) is 0.